The van der Waals surface area contributed by atoms with E-state index in [9.17, 15) is 0 Å². The van der Waals surface area contributed by atoms with Crippen molar-refractivity contribution in [3.05, 3.63) is 34.9 Å². The summed E-state index contributed by atoms with van der Waals surface area (Å²) >= 11 is 0. The number of benzene rings is 1. The number of hydrogen-bond acceptors (Lipinski definition) is 2. The van der Waals surface area contributed by atoms with Crippen LogP contribution in [0.15, 0.2) is 18.2 Å². The van der Waals surface area contributed by atoms with Crippen LogP contribution in [0.25, 0.3) is 0 Å². The molecule has 1 aromatic carbocycles. The molecule has 1 heterocycles. The minimum Gasteiger partial charge on any atom is -0.314 e. The lowest BCUT2D eigenvalue weighted by Crippen LogP contribution is -2.44. The van der Waals surface area contributed by atoms with Gasteiger partial charge < -0.3 is 10.2 Å². The fourth-order valence-corrected chi connectivity index (χ4v) is 2.73. The van der Waals surface area contributed by atoms with Crippen molar-refractivity contribution >= 4 is 0 Å². The fraction of sp³-hybridized carbons (Fsp3) is 0.625. The molecule has 0 aliphatic carbocycles. The maximum Gasteiger partial charge on any atom is 0.0108 e. The van der Waals surface area contributed by atoms with Gasteiger partial charge in [-0.15, -0.1) is 0 Å². The molecule has 18 heavy (non-hydrogen) atoms. The number of hydrogen-bond donors (Lipinski definition) is 1. The Hall–Kier alpha value is -0.860. The molecule has 1 saturated heterocycles. The van der Waals surface area contributed by atoms with E-state index in [1.54, 1.807) is 0 Å². The molecular weight excluding hydrogens is 220 g/mol. The minimum atomic E-state index is 1.15. The molecule has 0 saturated carbocycles. The third kappa shape index (κ3) is 3.56. The van der Waals surface area contributed by atoms with Crippen molar-refractivity contribution < 1.29 is 0 Å². The van der Waals surface area contributed by atoms with Crippen molar-refractivity contribution in [2.45, 2.75) is 33.1 Å². The van der Waals surface area contributed by atoms with Crippen LogP contribution in [0.3, 0.4) is 0 Å². The largest absolute Gasteiger partial charge is 0.314 e. The van der Waals surface area contributed by atoms with Gasteiger partial charge in [0, 0.05) is 32.7 Å². The van der Waals surface area contributed by atoms with Gasteiger partial charge >= 0.3 is 0 Å². The van der Waals surface area contributed by atoms with Gasteiger partial charge in [-0.05, 0) is 36.0 Å². The van der Waals surface area contributed by atoms with Gasteiger partial charge in [0.2, 0.25) is 0 Å². The lowest BCUT2D eigenvalue weighted by Gasteiger charge is -2.27. The molecular formula is C16H26N2. The van der Waals surface area contributed by atoms with Crippen molar-refractivity contribution in [3.8, 4) is 0 Å². The van der Waals surface area contributed by atoms with E-state index in [0.717, 1.165) is 25.9 Å². The number of nitrogens with zero attached hydrogens (tertiary/aromatic N) is 1. The average molecular weight is 246 g/mol. The van der Waals surface area contributed by atoms with Crippen LogP contribution in [0.5, 0.6) is 0 Å². The summed E-state index contributed by atoms with van der Waals surface area (Å²) in [7, 11) is 0. The normalized spacial score (nSPS) is 17.0. The molecule has 2 nitrogen and oxygen atoms in total. The Labute approximate surface area is 111 Å². The van der Waals surface area contributed by atoms with Gasteiger partial charge in [0.1, 0.15) is 0 Å². The molecule has 0 aromatic heterocycles. The summed E-state index contributed by atoms with van der Waals surface area (Å²) in [4.78, 5) is 2.57. The highest BCUT2D eigenvalue weighted by Crippen LogP contribution is 2.14. The van der Waals surface area contributed by atoms with Crippen LogP contribution < -0.4 is 5.32 Å². The van der Waals surface area contributed by atoms with Crippen LogP contribution in [-0.4, -0.2) is 37.6 Å². The summed E-state index contributed by atoms with van der Waals surface area (Å²) in [6.45, 7) is 10.4. The number of aryl methyl sites for hydroxylation is 2. The zero-order valence-corrected chi connectivity index (χ0v) is 11.8. The van der Waals surface area contributed by atoms with Gasteiger partial charge in [-0.1, -0.05) is 32.0 Å². The van der Waals surface area contributed by atoms with Gasteiger partial charge in [-0.3, -0.25) is 0 Å². The maximum absolute atomic E-state index is 3.40. The molecule has 100 valence electrons. The van der Waals surface area contributed by atoms with Crippen LogP contribution in [0.4, 0.5) is 0 Å². The van der Waals surface area contributed by atoms with Crippen molar-refractivity contribution in [3.63, 3.8) is 0 Å². The summed E-state index contributed by atoms with van der Waals surface area (Å²) in [5.41, 5.74) is 4.56. The molecule has 2 heteroatoms. The van der Waals surface area contributed by atoms with E-state index in [1.807, 2.05) is 0 Å². The van der Waals surface area contributed by atoms with Crippen molar-refractivity contribution in [1.29, 1.82) is 0 Å². The second-order valence-electron chi connectivity index (χ2n) is 5.15. The Morgan fingerprint density at radius 1 is 1.06 bits per heavy atom. The van der Waals surface area contributed by atoms with Crippen molar-refractivity contribution in [1.82, 2.24) is 10.2 Å². The van der Waals surface area contributed by atoms with Crippen LogP contribution >= 0.6 is 0 Å². The van der Waals surface area contributed by atoms with E-state index in [-0.39, 0.29) is 0 Å². The first-order valence-electron chi connectivity index (χ1n) is 7.37. The molecule has 1 fully saturated rings. The lowest BCUT2D eigenvalue weighted by atomic mass is 9.98. The van der Waals surface area contributed by atoms with E-state index in [0.29, 0.717) is 0 Å². The highest BCUT2D eigenvalue weighted by molar-refractivity contribution is 5.32. The molecule has 2 rings (SSSR count). The highest BCUT2D eigenvalue weighted by Gasteiger charge is 2.09. The van der Waals surface area contributed by atoms with Gasteiger partial charge in [0.15, 0.2) is 0 Å². The second-order valence-corrected chi connectivity index (χ2v) is 5.15. The van der Waals surface area contributed by atoms with Crippen LogP contribution in [0.1, 0.15) is 30.5 Å². The number of nitrogens with one attached hydrogen (secondary N) is 1. The van der Waals surface area contributed by atoms with Gasteiger partial charge in [-0.2, -0.15) is 0 Å². The first-order chi connectivity index (χ1) is 8.83. The minimum absolute atomic E-state index is 1.15. The quantitative estimate of drug-likeness (QED) is 0.857. The van der Waals surface area contributed by atoms with Gasteiger partial charge in [0.25, 0.3) is 0 Å². The molecule has 0 bridgehead atoms. The summed E-state index contributed by atoms with van der Waals surface area (Å²) in [6.07, 6.45) is 3.50. The molecule has 0 atom stereocenters. The molecule has 1 aromatic rings. The zero-order chi connectivity index (χ0) is 12.8. The summed E-state index contributed by atoms with van der Waals surface area (Å²) < 4.78 is 0. The third-order valence-corrected chi connectivity index (χ3v) is 3.96. The monoisotopic (exact) mass is 246 g/mol. The number of rotatable bonds is 5. The van der Waals surface area contributed by atoms with Crippen LogP contribution in [0, 0.1) is 0 Å². The van der Waals surface area contributed by atoms with E-state index >= 15 is 0 Å². The first kappa shape index (κ1) is 13.6. The van der Waals surface area contributed by atoms with Crippen LogP contribution in [-0.2, 0) is 19.3 Å². The fourth-order valence-electron chi connectivity index (χ4n) is 2.73. The molecule has 0 unspecified atom stereocenters. The van der Waals surface area contributed by atoms with E-state index in [1.165, 1.54) is 42.7 Å². The first-order valence-corrected chi connectivity index (χ1v) is 7.37. The topological polar surface area (TPSA) is 15.3 Å². The smallest absolute Gasteiger partial charge is 0.0108 e. The zero-order valence-electron chi connectivity index (χ0n) is 11.8. The van der Waals surface area contributed by atoms with E-state index in [2.05, 4.69) is 42.3 Å². The van der Waals surface area contributed by atoms with E-state index < -0.39 is 0 Å². The Balaban J connectivity index is 1.92. The maximum atomic E-state index is 3.40. The standard InChI is InChI=1S/C16H26N2/c1-3-15-6-5-14(13-16(15)4-2)7-10-18-11-8-17-9-12-18/h5-6,13,17H,3-4,7-12H2,1-2H3. The molecule has 0 amide bonds. The summed E-state index contributed by atoms with van der Waals surface area (Å²) in [5.74, 6) is 0. The highest BCUT2D eigenvalue weighted by atomic mass is 15.2. The Morgan fingerprint density at radius 2 is 1.78 bits per heavy atom. The Bertz CT molecular complexity index is 367. The van der Waals surface area contributed by atoms with Crippen molar-refractivity contribution in [2.24, 2.45) is 0 Å². The summed E-state index contributed by atoms with van der Waals surface area (Å²) in [6, 6.07) is 7.06. The third-order valence-electron chi connectivity index (χ3n) is 3.96. The van der Waals surface area contributed by atoms with Crippen molar-refractivity contribution in [2.75, 3.05) is 32.7 Å². The SMILES string of the molecule is CCc1ccc(CCN2CCNCC2)cc1CC. The second kappa shape index (κ2) is 6.91. The molecule has 0 radical (unpaired) electrons. The van der Waals surface area contributed by atoms with E-state index in [4.69, 9.17) is 0 Å². The Kier molecular flexibility index (Phi) is 5.21. The van der Waals surface area contributed by atoms with Crippen LogP contribution in [0.2, 0.25) is 0 Å². The predicted octanol–water partition coefficient (Wildman–Crippen LogP) is 2.26. The molecule has 0 spiro atoms. The lowest BCUT2D eigenvalue weighted by molar-refractivity contribution is 0.244. The molecule has 1 N–H and O–H groups in total. The predicted molar refractivity (Wildman–Crippen MR) is 78.2 cm³/mol. The average Bonchev–Trinajstić information content (AvgIpc) is 2.45. The molecule has 1 aliphatic heterocycles. The van der Waals surface area contributed by atoms with Gasteiger partial charge in [0.05, 0.1) is 0 Å². The number of piperazine rings is 1. The molecule has 1 aliphatic rings. The Morgan fingerprint density at radius 3 is 2.44 bits per heavy atom. The van der Waals surface area contributed by atoms with Gasteiger partial charge in [-0.25, -0.2) is 0 Å². The summed E-state index contributed by atoms with van der Waals surface area (Å²) in [5, 5.41) is 3.40.